The van der Waals surface area contributed by atoms with Crippen LogP contribution in [-0.4, -0.2) is 35.1 Å². The molecule has 0 aromatic carbocycles. The van der Waals surface area contributed by atoms with Gasteiger partial charge in [0.25, 0.3) is 5.91 Å². The van der Waals surface area contributed by atoms with Gasteiger partial charge in [-0.05, 0) is 18.8 Å². The average molecular weight is 307 g/mol. The van der Waals surface area contributed by atoms with E-state index in [1.165, 1.54) is 12.8 Å². The van der Waals surface area contributed by atoms with Crippen molar-refractivity contribution in [2.45, 2.75) is 25.8 Å². The predicted octanol–water partition coefficient (Wildman–Crippen LogP) is 1.01. The lowest BCUT2D eigenvalue weighted by atomic mass is 10.4. The number of aromatic nitrogens is 2. The molecule has 1 aromatic rings. The summed E-state index contributed by atoms with van der Waals surface area (Å²) in [5, 5.41) is 6.27. The van der Waals surface area contributed by atoms with Gasteiger partial charge in [0, 0.05) is 38.8 Å². The van der Waals surface area contributed by atoms with Crippen molar-refractivity contribution in [1.29, 1.82) is 0 Å². The summed E-state index contributed by atoms with van der Waals surface area (Å²) in [4.78, 5) is 16.3. The highest BCUT2D eigenvalue weighted by Crippen LogP contribution is 2.27. The fourth-order valence-electron chi connectivity index (χ4n) is 2.13. The van der Waals surface area contributed by atoms with Crippen LogP contribution in [0.15, 0.2) is 6.20 Å². The predicted molar refractivity (Wildman–Crippen MR) is 78.4 cm³/mol. The third-order valence-corrected chi connectivity index (χ3v) is 3.39. The molecule has 108 valence electrons. The summed E-state index contributed by atoms with van der Waals surface area (Å²) in [5.74, 6) is 1.71. The summed E-state index contributed by atoms with van der Waals surface area (Å²) in [6.07, 6.45) is 5.29. The number of hydrogen-bond donors (Lipinski definition) is 2. The van der Waals surface area contributed by atoms with Gasteiger partial charge < -0.3 is 15.2 Å². The SMILES string of the molecule is Cl.Cl.O=C(NCC1CC1)c1cn2c(n1)CCNCC2. The van der Waals surface area contributed by atoms with Crippen LogP contribution in [-0.2, 0) is 13.0 Å². The molecule has 0 radical (unpaired) electrons. The van der Waals surface area contributed by atoms with Gasteiger partial charge in [0.05, 0.1) is 0 Å². The zero-order chi connectivity index (χ0) is 11.7. The number of carbonyl (C=O) groups is 1. The van der Waals surface area contributed by atoms with Crippen molar-refractivity contribution < 1.29 is 4.79 Å². The van der Waals surface area contributed by atoms with Crippen molar-refractivity contribution in [3.63, 3.8) is 0 Å². The Kier molecular flexibility index (Phi) is 6.10. The highest BCUT2D eigenvalue weighted by Gasteiger charge is 2.23. The summed E-state index contributed by atoms with van der Waals surface area (Å²) in [7, 11) is 0. The molecule has 1 aliphatic carbocycles. The number of hydrogen-bond acceptors (Lipinski definition) is 3. The van der Waals surface area contributed by atoms with Gasteiger partial charge in [-0.25, -0.2) is 4.98 Å². The van der Waals surface area contributed by atoms with E-state index in [2.05, 4.69) is 20.2 Å². The molecule has 19 heavy (non-hydrogen) atoms. The van der Waals surface area contributed by atoms with Crippen molar-refractivity contribution >= 4 is 30.7 Å². The number of fused-ring (bicyclic) bond motifs is 1. The quantitative estimate of drug-likeness (QED) is 0.876. The molecule has 2 N–H and O–H groups in total. The lowest BCUT2D eigenvalue weighted by Crippen LogP contribution is -2.26. The van der Waals surface area contributed by atoms with Crippen molar-refractivity contribution in [2.24, 2.45) is 5.92 Å². The van der Waals surface area contributed by atoms with Crippen LogP contribution in [0.2, 0.25) is 0 Å². The Balaban J connectivity index is 0.000000902. The number of nitrogens with zero attached hydrogens (tertiary/aromatic N) is 2. The van der Waals surface area contributed by atoms with Crippen LogP contribution >= 0.6 is 24.8 Å². The fraction of sp³-hybridized carbons (Fsp3) is 0.667. The van der Waals surface area contributed by atoms with E-state index in [9.17, 15) is 4.79 Å². The maximum Gasteiger partial charge on any atom is 0.271 e. The van der Waals surface area contributed by atoms with E-state index in [1.54, 1.807) is 0 Å². The Morgan fingerprint density at radius 3 is 2.95 bits per heavy atom. The zero-order valence-electron chi connectivity index (χ0n) is 10.7. The highest BCUT2D eigenvalue weighted by atomic mass is 35.5. The molecule has 3 rings (SSSR count). The minimum absolute atomic E-state index is 0. The first-order valence-corrected chi connectivity index (χ1v) is 6.38. The second-order valence-corrected chi connectivity index (χ2v) is 4.89. The second kappa shape index (κ2) is 7.12. The molecule has 1 aromatic heterocycles. The first-order chi connectivity index (χ1) is 8.33. The topological polar surface area (TPSA) is 59.0 Å². The second-order valence-electron chi connectivity index (χ2n) is 4.89. The third-order valence-electron chi connectivity index (χ3n) is 3.39. The normalized spacial score (nSPS) is 17.5. The Morgan fingerprint density at radius 2 is 2.21 bits per heavy atom. The number of nitrogens with one attached hydrogen (secondary N) is 2. The monoisotopic (exact) mass is 306 g/mol. The molecule has 2 aliphatic rings. The van der Waals surface area contributed by atoms with E-state index in [-0.39, 0.29) is 30.7 Å². The minimum Gasteiger partial charge on any atom is -0.350 e. The molecule has 0 bridgehead atoms. The molecular formula is C12H20Cl2N4O. The van der Waals surface area contributed by atoms with Gasteiger partial charge in [0.2, 0.25) is 0 Å². The smallest absolute Gasteiger partial charge is 0.271 e. The number of amides is 1. The maximum absolute atomic E-state index is 11.9. The summed E-state index contributed by atoms with van der Waals surface area (Å²) >= 11 is 0. The third kappa shape index (κ3) is 4.09. The van der Waals surface area contributed by atoms with Crippen LogP contribution in [0.5, 0.6) is 0 Å². The van der Waals surface area contributed by atoms with Gasteiger partial charge in [-0.1, -0.05) is 0 Å². The molecule has 1 fully saturated rings. The van der Waals surface area contributed by atoms with E-state index in [4.69, 9.17) is 0 Å². The van der Waals surface area contributed by atoms with Crippen LogP contribution in [0.25, 0.3) is 0 Å². The van der Waals surface area contributed by atoms with Crippen LogP contribution in [0.1, 0.15) is 29.2 Å². The lowest BCUT2D eigenvalue weighted by molar-refractivity contribution is 0.0947. The molecule has 1 saturated carbocycles. The summed E-state index contributed by atoms with van der Waals surface area (Å²) in [6, 6.07) is 0. The van der Waals surface area contributed by atoms with Crippen LogP contribution in [0.4, 0.5) is 0 Å². The summed E-state index contributed by atoms with van der Waals surface area (Å²) in [5.41, 5.74) is 0.572. The molecule has 2 heterocycles. The Morgan fingerprint density at radius 1 is 1.42 bits per heavy atom. The summed E-state index contributed by atoms with van der Waals surface area (Å²) < 4.78 is 2.09. The first-order valence-electron chi connectivity index (χ1n) is 6.38. The van der Waals surface area contributed by atoms with Crippen molar-refractivity contribution in [2.75, 3.05) is 19.6 Å². The van der Waals surface area contributed by atoms with Crippen molar-refractivity contribution in [3.8, 4) is 0 Å². The molecule has 5 nitrogen and oxygen atoms in total. The van der Waals surface area contributed by atoms with E-state index >= 15 is 0 Å². The first kappa shape index (κ1) is 16.3. The van der Waals surface area contributed by atoms with E-state index in [0.29, 0.717) is 11.6 Å². The number of carbonyl (C=O) groups excluding carboxylic acids is 1. The van der Waals surface area contributed by atoms with Crippen LogP contribution < -0.4 is 10.6 Å². The molecule has 1 aliphatic heterocycles. The average Bonchev–Trinajstić information content (AvgIpc) is 3.11. The fourth-order valence-corrected chi connectivity index (χ4v) is 2.13. The minimum atomic E-state index is -0.0227. The van der Waals surface area contributed by atoms with E-state index in [1.807, 2.05) is 6.20 Å². The lowest BCUT2D eigenvalue weighted by Gasteiger charge is -2.01. The number of halogens is 2. The van der Waals surface area contributed by atoms with Gasteiger partial charge >= 0.3 is 0 Å². The van der Waals surface area contributed by atoms with E-state index < -0.39 is 0 Å². The number of rotatable bonds is 3. The van der Waals surface area contributed by atoms with Crippen molar-refractivity contribution in [3.05, 3.63) is 17.7 Å². The van der Waals surface area contributed by atoms with Gasteiger partial charge in [-0.3, -0.25) is 4.79 Å². The standard InChI is InChI=1S/C12H18N4O.2ClH/c17-12(14-7-9-1-2-9)10-8-16-6-5-13-4-3-11(16)15-10;;/h8-9,13H,1-7H2,(H,14,17);2*1H. The molecule has 7 heteroatoms. The summed E-state index contributed by atoms with van der Waals surface area (Å²) in [6.45, 7) is 3.60. The van der Waals surface area contributed by atoms with Crippen molar-refractivity contribution in [1.82, 2.24) is 20.2 Å². The van der Waals surface area contributed by atoms with Gasteiger partial charge in [-0.15, -0.1) is 24.8 Å². The van der Waals surface area contributed by atoms with Crippen LogP contribution in [0, 0.1) is 5.92 Å². The largest absolute Gasteiger partial charge is 0.350 e. The molecule has 1 amide bonds. The van der Waals surface area contributed by atoms with E-state index in [0.717, 1.165) is 38.4 Å². The zero-order valence-corrected chi connectivity index (χ0v) is 12.4. The maximum atomic E-state index is 11.9. The number of imidazole rings is 1. The Labute approximate surface area is 125 Å². The van der Waals surface area contributed by atoms with Crippen LogP contribution in [0.3, 0.4) is 0 Å². The molecular weight excluding hydrogens is 287 g/mol. The highest BCUT2D eigenvalue weighted by molar-refractivity contribution is 5.92. The van der Waals surface area contributed by atoms with Gasteiger partial charge in [0.1, 0.15) is 11.5 Å². The Bertz CT molecular complexity index is 408. The molecule has 0 unspecified atom stereocenters. The Hall–Kier alpha value is -0.780. The van der Waals surface area contributed by atoms with Gasteiger partial charge in [-0.2, -0.15) is 0 Å². The molecule has 0 saturated heterocycles. The molecule has 0 atom stereocenters. The van der Waals surface area contributed by atoms with Gasteiger partial charge in [0.15, 0.2) is 0 Å². The molecule has 0 spiro atoms.